The van der Waals surface area contributed by atoms with Crippen LogP contribution in [-0.2, 0) is 0 Å². The lowest BCUT2D eigenvalue weighted by Crippen LogP contribution is -2.19. The Morgan fingerprint density at radius 1 is 1.22 bits per heavy atom. The molecule has 0 aliphatic heterocycles. The number of anilines is 1. The van der Waals surface area contributed by atoms with Gasteiger partial charge >= 0.3 is 0 Å². The minimum absolute atomic E-state index is 0.0320. The molecule has 0 fully saturated rings. The average molecular weight is 243 g/mol. The van der Waals surface area contributed by atoms with Gasteiger partial charge in [0.25, 0.3) is 0 Å². The molecule has 0 saturated heterocycles. The summed E-state index contributed by atoms with van der Waals surface area (Å²) < 4.78 is 5.15. The zero-order valence-electron chi connectivity index (χ0n) is 10.6. The van der Waals surface area contributed by atoms with Crippen LogP contribution in [-0.4, -0.2) is 19.1 Å². The van der Waals surface area contributed by atoms with Crippen LogP contribution < -0.4 is 15.8 Å². The molecule has 4 heteroatoms. The van der Waals surface area contributed by atoms with Crippen LogP contribution in [0, 0.1) is 0 Å². The van der Waals surface area contributed by atoms with Crippen molar-refractivity contribution in [3.63, 3.8) is 0 Å². The molecule has 1 aromatic heterocycles. The van der Waals surface area contributed by atoms with Crippen LogP contribution in [0.2, 0.25) is 0 Å². The highest BCUT2D eigenvalue weighted by Gasteiger charge is 2.14. The molecule has 1 heterocycles. The number of hydrogen-bond donors (Lipinski definition) is 2. The number of nitrogen functional groups attached to an aromatic ring is 1. The number of hydrogen-bond acceptors (Lipinski definition) is 4. The van der Waals surface area contributed by atoms with E-state index < -0.39 is 0 Å². The van der Waals surface area contributed by atoms with E-state index in [0.29, 0.717) is 0 Å². The number of ether oxygens (including phenoxy) is 1. The number of aromatic nitrogens is 1. The van der Waals surface area contributed by atoms with E-state index in [1.165, 1.54) is 0 Å². The number of benzene rings is 1. The number of nitrogens with one attached hydrogen (secondary N) is 1. The fraction of sp³-hybridized carbons (Fsp3) is 0.214. The van der Waals surface area contributed by atoms with Crippen molar-refractivity contribution in [3.8, 4) is 5.75 Å². The Kier molecular flexibility index (Phi) is 3.79. The lowest BCUT2D eigenvalue weighted by Gasteiger charge is -2.18. The molecule has 0 bridgehead atoms. The van der Waals surface area contributed by atoms with Gasteiger partial charge in [-0.3, -0.25) is 4.98 Å². The second-order valence-corrected chi connectivity index (χ2v) is 4.00. The van der Waals surface area contributed by atoms with E-state index in [4.69, 9.17) is 10.5 Å². The molecule has 0 spiro atoms. The maximum atomic E-state index is 5.99. The van der Waals surface area contributed by atoms with E-state index >= 15 is 0 Å². The first-order valence-electron chi connectivity index (χ1n) is 5.77. The van der Waals surface area contributed by atoms with Gasteiger partial charge < -0.3 is 15.8 Å². The largest absolute Gasteiger partial charge is 0.497 e. The third-order valence-electron chi connectivity index (χ3n) is 2.94. The SMILES string of the molecule is CNC(c1ccc(OC)cc1)c1cnccc1N. The van der Waals surface area contributed by atoms with Crippen LogP contribution in [0.3, 0.4) is 0 Å². The summed E-state index contributed by atoms with van der Waals surface area (Å²) in [6, 6.07) is 9.75. The highest BCUT2D eigenvalue weighted by molar-refractivity contribution is 5.49. The second-order valence-electron chi connectivity index (χ2n) is 4.00. The normalized spacial score (nSPS) is 12.1. The van der Waals surface area contributed by atoms with Gasteiger partial charge in [0.1, 0.15) is 5.75 Å². The van der Waals surface area contributed by atoms with Gasteiger partial charge in [-0.15, -0.1) is 0 Å². The quantitative estimate of drug-likeness (QED) is 0.862. The third-order valence-corrected chi connectivity index (χ3v) is 2.94. The molecule has 2 rings (SSSR count). The van der Waals surface area contributed by atoms with E-state index in [-0.39, 0.29) is 6.04 Å². The molecule has 0 amide bonds. The lowest BCUT2D eigenvalue weighted by molar-refractivity contribution is 0.414. The summed E-state index contributed by atoms with van der Waals surface area (Å²) in [6.07, 6.45) is 3.49. The Morgan fingerprint density at radius 3 is 2.50 bits per heavy atom. The molecule has 2 aromatic rings. The summed E-state index contributed by atoms with van der Waals surface area (Å²) in [5.74, 6) is 0.841. The fourth-order valence-corrected chi connectivity index (χ4v) is 1.96. The molecule has 94 valence electrons. The van der Waals surface area contributed by atoms with E-state index in [9.17, 15) is 0 Å². The summed E-state index contributed by atoms with van der Waals surface area (Å²) >= 11 is 0. The van der Waals surface area contributed by atoms with E-state index in [0.717, 1.165) is 22.6 Å². The smallest absolute Gasteiger partial charge is 0.118 e. The van der Waals surface area contributed by atoms with Crippen molar-refractivity contribution in [2.75, 3.05) is 19.9 Å². The van der Waals surface area contributed by atoms with Crippen molar-refractivity contribution >= 4 is 5.69 Å². The number of nitrogens with two attached hydrogens (primary N) is 1. The standard InChI is InChI=1S/C14H17N3O/c1-16-14(12-9-17-8-7-13(12)15)10-3-5-11(18-2)6-4-10/h3-9,14,16H,1-2H3,(H2,15,17). The molecule has 4 nitrogen and oxygen atoms in total. The average Bonchev–Trinajstić information content (AvgIpc) is 2.42. The van der Waals surface area contributed by atoms with Gasteiger partial charge in [0.15, 0.2) is 0 Å². The molecule has 3 N–H and O–H groups in total. The number of pyridine rings is 1. The van der Waals surface area contributed by atoms with E-state index in [1.807, 2.05) is 37.4 Å². The molecule has 0 saturated carbocycles. The Hall–Kier alpha value is -2.07. The van der Waals surface area contributed by atoms with Gasteiger partial charge in [-0.2, -0.15) is 0 Å². The minimum Gasteiger partial charge on any atom is -0.497 e. The van der Waals surface area contributed by atoms with Crippen molar-refractivity contribution < 1.29 is 4.74 Å². The number of methoxy groups -OCH3 is 1. The maximum Gasteiger partial charge on any atom is 0.118 e. The van der Waals surface area contributed by atoms with Crippen LogP contribution >= 0.6 is 0 Å². The summed E-state index contributed by atoms with van der Waals surface area (Å²) in [5, 5.41) is 3.25. The Morgan fingerprint density at radius 2 is 1.94 bits per heavy atom. The highest BCUT2D eigenvalue weighted by atomic mass is 16.5. The van der Waals surface area contributed by atoms with Crippen molar-refractivity contribution in [1.82, 2.24) is 10.3 Å². The first-order chi connectivity index (χ1) is 8.76. The fourth-order valence-electron chi connectivity index (χ4n) is 1.96. The first kappa shape index (κ1) is 12.4. The molecular formula is C14H17N3O. The molecule has 0 aliphatic rings. The molecule has 1 atom stereocenters. The lowest BCUT2D eigenvalue weighted by atomic mass is 9.99. The van der Waals surface area contributed by atoms with Crippen molar-refractivity contribution in [3.05, 3.63) is 53.9 Å². The first-order valence-corrected chi connectivity index (χ1v) is 5.77. The van der Waals surface area contributed by atoms with Crippen LogP contribution in [0.1, 0.15) is 17.2 Å². The zero-order valence-corrected chi connectivity index (χ0v) is 10.6. The zero-order chi connectivity index (χ0) is 13.0. The van der Waals surface area contributed by atoms with Crippen LogP contribution in [0.4, 0.5) is 5.69 Å². The van der Waals surface area contributed by atoms with Crippen LogP contribution in [0.25, 0.3) is 0 Å². The molecule has 1 aromatic carbocycles. The van der Waals surface area contributed by atoms with Crippen molar-refractivity contribution in [2.45, 2.75) is 6.04 Å². The number of rotatable bonds is 4. The molecule has 1 unspecified atom stereocenters. The Bertz CT molecular complexity index is 511. The molecular weight excluding hydrogens is 226 g/mol. The van der Waals surface area contributed by atoms with E-state index in [1.54, 1.807) is 19.5 Å². The summed E-state index contributed by atoms with van der Waals surface area (Å²) in [6.45, 7) is 0. The Labute approximate surface area is 107 Å². The molecule has 18 heavy (non-hydrogen) atoms. The van der Waals surface area contributed by atoms with E-state index in [2.05, 4.69) is 10.3 Å². The van der Waals surface area contributed by atoms with Crippen LogP contribution in [0.15, 0.2) is 42.7 Å². The second kappa shape index (κ2) is 5.51. The van der Waals surface area contributed by atoms with Crippen molar-refractivity contribution in [1.29, 1.82) is 0 Å². The van der Waals surface area contributed by atoms with Crippen molar-refractivity contribution in [2.24, 2.45) is 0 Å². The predicted octanol–water partition coefficient (Wildman–Crippen LogP) is 1.98. The van der Waals surface area contributed by atoms with Gasteiger partial charge in [-0.25, -0.2) is 0 Å². The highest BCUT2D eigenvalue weighted by Crippen LogP contribution is 2.26. The van der Waals surface area contributed by atoms with Gasteiger partial charge in [0.2, 0.25) is 0 Å². The monoisotopic (exact) mass is 243 g/mol. The van der Waals surface area contributed by atoms with Gasteiger partial charge in [-0.1, -0.05) is 12.1 Å². The van der Waals surface area contributed by atoms with Gasteiger partial charge in [0.05, 0.1) is 13.2 Å². The third kappa shape index (κ3) is 2.43. The Balaban J connectivity index is 2.36. The number of nitrogens with zero attached hydrogens (tertiary/aromatic N) is 1. The minimum atomic E-state index is 0.0320. The van der Waals surface area contributed by atoms with Gasteiger partial charge in [0, 0.05) is 23.6 Å². The summed E-state index contributed by atoms with van der Waals surface area (Å²) in [7, 11) is 3.56. The predicted molar refractivity (Wildman–Crippen MR) is 72.5 cm³/mol. The maximum absolute atomic E-state index is 5.99. The molecule has 0 radical (unpaired) electrons. The summed E-state index contributed by atoms with van der Waals surface area (Å²) in [4.78, 5) is 4.13. The van der Waals surface area contributed by atoms with Gasteiger partial charge in [-0.05, 0) is 30.8 Å². The molecule has 0 aliphatic carbocycles. The summed E-state index contributed by atoms with van der Waals surface area (Å²) in [5.41, 5.74) is 8.82. The van der Waals surface area contributed by atoms with Crippen LogP contribution in [0.5, 0.6) is 5.75 Å². The topological polar surface area (TPSA) is 60.2 Å².